The van der Waals surface area contributed by atoms with Gasteiger partial charge in [-0.05, 0) is 6.42 Å². The number of nitrogens with two attached hydrogens (primary N) is 1. The van der Waals surface area contributed by atoms with E-state index in [-0.39, 0.29) is 6.04 Å². The number of aromatic nitrogens is 3. The smallest absolute Gasteiger partial charge is 0.143 e. The maximum atomic E-state index is 5.67. The van der Waals surface area contributed by atoms with Gasteiger partial charge < -0.3 is 5.73 Å². The molecule has 0 bridgehead atoms. The average molecular weight is 124 g/mol. The van der Waals surface area contributed by atoms with E-state index in [4.69, 9.17) is 5.73 Å². The van der Waals surface area contributed by atoms with Crippen LogP contribution in [0.5, 0.6) is 0 Å². The van der Waals surface area contributed by atoms with Gasteiger partial charge in [0, 0.05) is 6.54 Å². The van der Waals surface area contributed by atoms with Gasteiger partial charge in [-0.15, -0.1) is 0 Å². The third-order valence-corrected chi connectivity index (χ3v) is 1.63. The summed E-state index contributed by atoms with van der Waals surface area (Å²) >= 11 is 0. The number of aryl methyl sites for hydroxylation is 1. The molecule has 48 valence electrons. The van der Waals surface area contributed by atoms with Gasteiger partial charge in [-0.25, -0.2) is 9.67 Å². The number of hydrogen-bond acceptors (Lipinski definition) is 3. The Morgan fingerprint density at radius 3 is 3.44 bits per heavy atom. The Bertz CT molecular complexity index is 216. The highest BCUT2D eigenvalue weighted by atomic mass is 15.4. The summed E-state index contributed by atoms with van der Waals surface area (Å²) in [4.78, 5) is 4.00. The molecule has 0 spiro atoms. The van der Waals surface area contributed by atoms with Crippen molar-refractivity contribution in [3.63, 3.8) is 0 Å². The van der Waals surface area contributed by atoms with Crippen molar-refractivity contribution in [3.8, 4) is 0 Å². The van der Waals surface area contributed by atoms with E-state index >= 15 is 0 Å². The topological polar surface area (TPSA) is 56.7 Å². The molecule has 0 saturated carbocycles. The lowest BCUT2D eigenvalue weighted by atomic mass is 10.3. The van der Waals surface area contributed by atoms with Crippen LogP contribution in [0.2, 0.25) is 0 Å². The molecule has 0 amide bonds. The minimum Gasteiger partial charge on any atom is -0.321 e. The van der Waals surface area contributed by atoms with Crippen LogP contribution in [0.4, 0.5) is 0 Å². The minimum atomic E-state index is 0.118. The molecule has 1 atom stereocenters. The van der Waals surface area contributed by atoms with Crippen LogP contribution < -0.4 is 5.73 Å². The van der Waals surface area contributed by atoms with Gasteiger partial charge in [-0.3, -0.25) is 0 Å². The Hall–Kier alpha value is -0.900. The maximum Gasteiger partial charge on any atom is 0.143 e. The molecule has 4 heteroatoms. The second-order valence-corrected chi connectivity index (χ2v) is 2.24. The molecular formula is C5H8N4. The first-order chi connectivity index (χ1) is 4.38. The molecule has 0 radical (unpaired) electrons. The van der Waals surface area contributed by atoms with E-state index < -0.39 is 0 Å². The SMILES string of the molecule is NC1CCn2ncnc21. The van der Waals surface area contributed by atoms with Gasteiger partial charge in [0.1, 0.15) is 12.2 Å². The molecule has 1 aliphatic heterocycles. The fraction of sp³-hybridized carbons (Fsp3) is 0.600. The van der Waals surface area contributed by atoms with Crippen LogP contribution in [-0.2, 0) is 6.54 Å². The lowest BCUT2D eigenvalue weighted by Crippen LogP contribution is -2.06. The largest absolute Gasteiger partial charge is 0.321 e. The highest BCUT2D eigenvalue weighted by Gasteiger charge is 2.19. The molecule has 2 heterocycles. The van der Waals surface area contributed by atoms with E-state index in [2.05, 4.69) is 10.1 Å². The quantitative estimate of drug-likeness (QED) is 0.515. The van der Waals surface area contributed by atoms with Gasteiger partial charge in [-0.1, -0.05) is 0 Å². The van der Waals surface area contributed by atoms with E-state index in [9.17, 15) is 0 Å². The Morgan fingerprint density at radius 2 is 2.67 bits per heavy atom. The van der Waals surface area contributed by atoms with Crippen molar-refractivity contribution in [3.05, 3.63) is 12.2 Å². The van der Waals surface area contributed by atoms with Gasteiger partial charge in [0.25, 0.3) is 0 Å². The molecule has 2 rings (SSSR count). The van der Waals surface area contributed by atoms with Crippen LogP contribution in [0.15, 0.2) is 6.33 Å². The van der Waals surface area contributed by atoms with Crippen LogP contribution in [-0.4, -0.2) is 14.8 Å². The molecule has 0 aromatic carbocycles. The lowest BCUT2D eigenvalue weighted by molar-refractivity contribution is 0.636. The molecular weight excluding hydrogens is 116 g/mol. The summed E-state index contributed by atoms with van der Waals surface area (Å²) in [5, 5.41) is 3.97. The molecule has 9 heavy (non-hydrogen) atoms. The number of nitrogens with zero attached hydrogens (tertiary/aromatic N) is 3. The third kappa shape index (κ3) is 0.564. The normalized spacial score (nSPS) is 24.3. The first-order valence-corrected chi connectivity index (χ1v) is 3.01. The lowest BCUT2D eigenvalue weighted by Gasteiger charge is -1.93. The van der Waals surface area contributed by atoms with Crippen molar-refractivity contribution in [2.75, 3.05) is 0 Å². The van der Waals surface area contributed by atoms with E-state index in [1.54, 1.807) is 6.33 Å². The summed E-state index contributed by atoms with van der Waals surface area (Å²) in [7, 11) is 0. The summed E-state index contributed by atoms with van der Waals surface area (Å²) < 4.78 is 1.85. The maximum absolute atomic E-state index is 5.67. The Kier molecular flexibility index (Phi) is 0.843. The molecule has 4 nitrogen and oxygen atoms in total. The van der Waals surface area contributed by atoms with Crippen molar-refractivity contribution in [1.82, 2.24) is 14.8 Å². The fourth-order valence-electron chi connectivity index (χ4n) is 1.12. The number of rotatable bonds is 0. The van der Waals surface area contributed by atoms with Crippen molar-refractivity contribution < 1.29 is 0 Å². The monoisotopic (exact) mass is 124 g/mol. The zero-order chi connectivity index (χ0) is 6.27. The van der Waals surface area contributed by atoms with E-state index in [1.165, 1.54) is 0 Å². The van der Waals surface area contributed by atoms with Crippen molar-refractivity contribution in [2.24, 2.45) is 5.73 Å². The molecule has 1 aliphatic rings. The van der Waals surface area contributed by atoms with Crippen molar-refractivity contribution in [2.45, 2.75) is 19.0 Å². The summed E-state index contributed by atoms with van der Waals surface area (Å²) in [6.07, 6.45) is 2.53. The highest BCUT2D eigenvalue weighted by molar-refractivity contribution is 4.97. The van der Waals surface area contributed by atoms with Crippen LogP contribution in [0.25, 0.3) is 0 Å². The Morgan fingerprint density at radius 1 is 1.78 bits per heavy atom. The van der Waals surface area contributed by atoms with Gasteiger partial charge in [0.05, 0.1) is 6.04 Å². The second kappa shape index (κ2) is 1.54. The van der Waals surface area contributed by atoms with Gasteiger partial charge >= 0.3 is 0 Å². The Labute approximate surface area is 52.7 Å². The molecule has 1 unspecified atom stereocenters. The molecule has 2 N–H and O–H groups in total. The van der Waals surface area contributed by atoms with E-state index in [1.807, 2.05) is 4.68 Å². The molecule has 0 saturated heterocycles. The first-order valence-electron chi connectivity index (χ1n) is 3.01. The second-order valence-electron chi connectivity index (χ2n) is 2.24. The zero-order valence-corrected chi connectivity index (χ0v) is 4.99. The number of hydrogen-bond donors (Lipinski definition) is 1. The third-order valence-electron chi connectivity index (χ3n) is 1.63. The highest BCUT2D eigenvalue weighted by Crippen LogP contribution is 2.18. The summed E-state index contributed by atoms with van der Waals surface area (Å²) in [6.45, 7) is 0.927. The molecule has 1 aromatic rings. The predicted octanol–water partition coefficient (Wildman–Crippen LogP) is -0.318. The molecule has 0 aliphatic carbocycles. The summed E-state index contributed by atoms with van der Waals surface area (Å²) in [5.74, 6) is 0.926. The summed E-state index contributed by atoms with van der Waals surface area (Å²) in [6, 6.07) is 0.118. The van der Waals surface area contributed by atoms with Crippen LogP contribution in [0, 0.1) is 0 Å². The van der Waals surface area contributed by atoms with Gasteiger partial charge in [0.15, 0.2) is 0 Å². The molecule has 1 aromatic heterocycles. The standard InChI is InChI=1S/C5H8N4/c6-4-1-2-9-5(4)7-3-8-9/h3-4H,1-2,6H2. The van der Waals surface area contributed by atoms with Crippen molar-refractivity contribution in [1.29, 1.82) is 0 Å². The van der Waals surface area contributed by atoms with Gasteiger partial charge in [0.2, 0.25) is 0 Å². The Balaban J connectivity index is 2.49. The van der Waals surface area contributed by atoms with Crippen LogP contribution in [0.1, 0.15) is 18.3 Å². The fourth-order valence-corrected chi connectivity index (χ4v) is 1.12. The van der Waals surface area contributed by atoms with E-state index in [0.717, 1.165) is 18.8 Å². The predicted molar refractivity (Wildman–Crippen MR) is 31.6 cm³/mol. The first kappa shape index (κ1) is 4.93. The molecule has 0 fully saturated rings. The zero-order valence-electron chi connectivity index (χ0n) is 4.99. The van der Waals surface area contributed by atoms with Crippen LogP contribution in [0.3, 0.4) is 0 Å². The minimum absolute atomic E-state index is 0.118. The number of fused-ring (bicyclic) bond motifs is 1. The van der Waals surface area contributed by atoms with Crippen LogP contribution >= 0.6 is 0 Å². The van der Waals surface area contributed by atoms with Crippen molar-refractivity contribution >= 4 is 0 Å². The van der Waals surface area contributed by atoms with E-state index in [0.29, 0.717) is 0 Å². The average Bonchev–Trinajstić information content (AvgIpc) is 2.35. The summed E-state index contributed by atoms with van der Waals surface area (Å²) in [5.41, 5.74) is 5.67. The van der Waals surface area contributed by atoms with Gasteiger partial charge in [-0.2, -0.15) is 5.10 Å².